The molecule has 3 rings (SSSR count). The molecule has 0 aliphatic carbocycles. The molecule has 1 aromatic carbocycles. The zero-order chi connectivity index (χ0) is 13.6. The first kappa shape index (κ1) is 12.4. The number of benzene rings is 1. The smallest absolute Gasteiger partial charge is 0.178 e. The molecule has 0 radical (unpaired) electrons. The summed E-state index contributed by atoms with van der Waals surface area (Å²) in [6, 6.07) is 2.12. The number of H-pyrrole nitrogens is 1. The maximum absolute atomic E-state index is 13.6. The maximum Gasteiger partial charge on any atom is 0.178 e. The minimum Gasteiger partial charge on any atom is -0.328 e. The summed E-state index contributed by atoms with van der Waals surface area (Å²) in [5.74, 6) is -1.26. The van der Waals surface area contributed by atoms with E-state index in [0.717, 1.165) is 16.0 Å². The monoisotopic (exact) mass is 297 g/mol. The Bertz CT molecular complexity index is 816. The summed E-state index contributed by atoms with van der Waals surface area (Å²) in [6.07, 6.45) is 1.75. The van der Waals surface area contributed by atoms with Gasteiger partial charge in [0.2, 0.25) is 0 Å². The van der Waals surface area contributed by atoms with Crippen LogP contribution >= 0.6 is 23.6 Å². The second-order valence-corrected chi connectivity index (χ2v) is 5.85. The van der Waals surface area contributed by atoms with E-state index in [9.17, 15) is 8.78 Å². The Balaban J connectivity index is 2.18. The fraction of sp³-hybridized carbons (Fsp3) is 0.167. The summed E-state index contributed by atoms with van der Waals surface area (Å²) in [7, 11) is 0. The Morgan fingerprint density at radius 2 is 2.21 bits per heavy atom. The standard InChI is InChI=1S/C12H9F2N3S2/c1-6-15-4-8(19-6)5-17-10-3-7(13)2-9(14)11(10)16-12(17)18/h2-4H,5H2,1H3,(H,16,18). The van der Waals surface area contributed by atoms with E-state index in [0.29, 0.717) is 16.8 Å². The Labute approximate surface area is 116 Å². The normalized spacial score (nSPS) is 11.3. The van der Waals surface area contributed by atoms with Crippen molar-refractivity contribution in [3.8, 4) is 0 Å². The van der Waals surface area contributed by atoms with Crippen molar-refractivity contribution in [2.75, 3.05) is 0 Å². The molecular weight excluding hydrogens is 288 g/mol. The summed E-state index contributed by atoms with van der Waals surface area (Å²) in [5, 5.41) is 0.943. The first-order chi connectivity index (χ1) is 9.04. The Hall–Kier alpha value is -1.60. The van der Waals surface area contributed by atoms with Crippen LogP contribution in [0.3, 0.4) is 0 Å². The fourth-order valence-electron chi connectivity index (χ4n) is 1.97. The van der Waals surface area contributed by atoms with Gasteiger partial charge in [-0.15, -0.1) is 11.3 Å². The Morgan fingerprint density at radius 1 is 1.42 bits per heavy atom. The fourth-order valence-corrected chi connectivity index (χ4v) is 3.02. The lowest BCUT2D eigenvalue weighted by Crippen LogP contribution is -1.98. The zero-order valence-electron chi connectivity index (χ0n) is 9.91. The topological polar surface area (TPSA) is 33.6 Å². The molecule has 0 aliphatic heterocycles. The average Bonchev–Trinajstić information content (AvgIpc) is 2.87. The largest absolute Gasteiger partial charge is 0.328 e. The Morgan fingerprint density at radius 3 is 2.89 bits per heavy atom. The molecule has 0 aliphatic rings. The third-order valence-corrected chi connectivity index (χ3v) is 4.01. The summed E-state index contributed by atoms with van der Waals surface area (Å²) >= 11 is 6.70. The highest BCUT2D eigenvalue weighted by Gasteiger charge is 2.12. The van der Waals surface area contributed by atoms with Crippen molar-refractivity contribution in [1.29, 1.82) is 0 Å². The third-order valence-electron chi connectivity index (χ3n) is 2.79. The molecule has 0 unspecified atom stereocenters. The number of hydrogen-bond donors (Lipinski definition) is 1. The van der Waals surface area contributed by atoms with Gasteiger partial charge in [0.15, 0.2) is 10.6 Å². The number of aromatic nitrogens is 3. The lowest BCUT2D eigenvalue weighted by Gasteiger charge is -2.02. The molecule has 19 heavy (non-hydrogen) atoms. The van der Waals surface area contributed by atoms with Gasteiger partial charge in [0.05, 0.1) is 17.1 Å². The average molecular weight is 297 g/mol. The van der Waals surface area contributed by atoms with Crippen LogP contribution in [0.5, 0.6) is 0 Å². The van der Waals surface area contributed by atoms with Crippen molar-refractivity contribution in [2.45, 2.75) is 13.5 Å². The molecule has 1 N–H and O–H groups in total. The van der Waals surface area contributed by atoms with Gasteiger partial charge in [-0.25, -0.2) is 13.8 Å². The molecule has 2 heterocycles. The van der Waals surface area contributed by atoms with Gasteiger partial charge in [-0.1, -0.05) is 0 Å². The second kappa shape index (κ2) is 4.50. The highest BCUT2D eigenvalue weighted by atomic mass is 32.1. The highest BCUT2D eigenvalue weighted by Crippen LogP contribution is 2.22. The van der Waals surface area contributed by atoms with E-state index in [-0.39, 0.29) is 5.52 Å². The van der Waals surface area contributed by atoms with Gasteiger partial charge >= 0.3 is 0 Å². The van der Waals surface area contributed by atoms with Crippen molar-refractivity contribution in [3.63, 3.8) is 0 Å². The number of fused-ring (bicyclic) bond motifs is 1. The molecule has 0 bridgehead atoms. The molecular formula is C12H9F2N3S2. The van der Waals surface area contributed by atoms with Crippen LogP contribution in [0.25, 0.3) is 11.0 Å². The quantitative estimate of drug-likeness (QED) is 0.730. The number of nitrogens with zero attached hydrogens (tertiary/aromatic N) is 2. The highest BCUT2D eigenvalue weighted by molar-refractivity contribution is 7.71. The molecule has 0 fully saturated rings. The van der Waals surface area contributed by atoms with Gasteiger partial charge < -0.3 is 9.55 Å². The number of aryl methyl sites for hydroxylation is 1. The Kier molecular flexibility index (Phi) is 2.94. The predicted octanol–water partition coefficient (Wildman–Crippen LogP) is 3.79. The number of thiazole rings is 1. The van der Waals surface area contributed by atoms with Gasteiger partial charge in [-0.3, -0.25) is 0 Å². The van der Waals surface area contributed by atoms with Crippen LogP contribution < -0.4 is 0 Å². The van der Waals surface area contributed by atoms with E-state index in [1.165, 1.54) is 17.4 Å². The number of aromatic amines is 1. The molecule has 7 heteroatoms. The lowest BCUT2D eigenvalue weighted by atomic mass is 10.3. The first-order valence-electron chi connectivity index (χ1n) is 5.53. The summed E-state index contributed by atoms with van der Waals surface area (Å²) in [6.45, 7) is 2.36. The predicted molar refractivity (Wildman–Crippen MR) is 73.0 cm³/mol. The van der Waals surface area contributed by atoms with E-state index >= 15 is 0 Å². The first-order valence-corrected chi connectivity index (χ1v) is 6.76. The van der Waals surface area contributed by atoms with E-state index in [4.69, 9.17) is 12.2 Å². The van der Waals surface area contributed by atoms with E-state index in [1.54, 1.807) is 10.8 Å². The summed E-state index contributed by atoms with van der Waals surface area (Å²) in [4.78, 5) is 7.91. The van der Waals surface area contributed by atoms with Crippen LogP contribution in [0.4, 0.5) is 8.78 Å². The molecule has 0 saturated heterocycles. The molecule has 2 aromatic heterocycles. The number of imidazole rings is 1. The minimum atomic E-state index is -0.639. The van der Waals surface area contributed by atoms with Gasteiger partial charge in [0, 0.05) is 17.1 Å². The number of halogens is 2. The van der Waals surface area contributed by atoms with Gasteiger partial charge in [0.1, 0.15) is 11.3 Å². The molecule has 0 spiro atoms. The van der Waals surface area contributed by atoms with Crippen LogP contribution in [-0.4, -0.2) is 14.5 Å². The minimum absolute atomic E-state index is 0.229. The lowest BCUT2D eigenvalue weighted by molar-refractivity contribution is 0.590. The van der Waals surface area contributed by atoms with Crippen LogP contribution in [0.2, 0.25) is 0 Å². The molecule has 0 amide bonds. The van der Waals surface area contributed by atoms with Crippen LogP contribution in [0, 0.1) is 23.3 Å². The molecule has 0 saturated carbocycles. The van der Waals surface area contributed by atoms with Crippen molar-refractivity contribution < 1.29 is 8.78 Å². The van der Waals surface area contributed by atoms with Crippen LogP contribution in [0.15, 0.2) is 18.3 Å². The maximum atomic E-state index is 13.6. The summed E-state index contributed by atoms with van der Waals surface area (Å²) < 4.78 is 29.0. The molecule has 0 atom stereocenters. The van der Waals surface area contributed by atoms with Crippen molar-refractivity contribution in [1.82, 2.24) is 14.5 Å². The molecule has 98 valence electrons. The molecule has 3 aromatic rings. The molecule has 3 nitrogen and oxygen atoms in total. The van der Waals surface area contributed by atoms with Gasteiger partial charge in [-0.05, 0) is 25.2 Å². The van der Waals surface area contributed by atoms with Crippen molar-refractivity contribution >= 4 is 34.6 Å². The number of nitrogens with one attached hydrogen (secondary N) is 1. The van der Waals surface area contributed by atoms with E-state index in [1.807, 2.05) is 6.92 Å². The second-order valence-electron chi connectivity index (χ2n) is 4.14. The van der Waals surface area contributed by atoms with E-state index < -0.39 is 11.6 Å². The number of hydrogen-bond acceptors (Lipinski definition) is 3. The van der Waals surface area contributed by atoms with Crippen molar-refractivity contribution in [3.05, 3.63) is 44.6 Å². The summed E-state index contributed by atoms with van der Waals surface area (Å²) in [5.41, 5.74) is 0.654. The SMILES string of the molecule is Cc1ncc(Cn2c(=S)[nH]c3c(F)cc(F)cc32)s1. The van der Waals surface area contributed by atoms with Gasteiger partial charge in [-0.2, -0.15) is 0 Å². The zero-order valence-corrected chi connectivity index (χ0v) is 11.5. The third kappa shape index (κ3) is 2.19. The van der Waals surface area contributed by atoms with Crippen LogP contribution in [0.1, 0.15) is 9.88 Å². The van der Waals surface area contributed by atoms with Crippen LogP contribution in [-0.2, 0) is 6.54 Å². The van der Waals surface area contributed by atoms with Gasteiger partial charge in [0.25, 0.3) is 0 Å². The number of rotatable bonds is 2. The van der Waals surface area contributed by atoms with Crippen molar-refractivity contribution in [2.24, 2.45) is 0 Å². The van der Waals surface area contributed by atoms with E-state index in [2.05, 4.69) is 9.97 Å².